The molecule has 17 heteroatoms. The number of nitrogens with one attached hydrogen (secondary N) is 2. The van der Waals surface area contributed by atoms with Crippen LogP contribution in [0, 0.1) is 9.77 Å². The molecule has 0 radical (unpaired) electrons. The second-order valence-corrected chi connectivity index (χ2v) is 12.2. The van der Waals surface area contributed by atoms with Gasteiger partial charge in [-0.3, -0.25) is 14.4 Å². The molecule has 1 atom stereocenters. The number of carbonyl (C=O) groups excluding carboxylic acids is 1. The average molecular weight is 653 g/mol. The highest BCUT2D eigenvalue weighted by Gasteiger charge is 2.24. The number of aliphatic hydroxyl groups excluding tert-OH is 1. The monoisotopic (exact) mass is 652 g/mol. The van der Waals surface area contributed by atoms with Crippen molar-refractivity contribution in [1.29, 1.82) is 0 Å². The van der Waals surface area contributed by atoms with E-state index in [0.717, 1.165) is 23.1 Å². The van der Waals surface area contributed by atoms with Gasteiger partial charge in [-0.1, -0.05) is 34.7 Å². The summed E-state index contributed by atoms with van der Waals surface area (Å²) >= 11 is 12.9. The fourth-order valence-corrected chi connectivity index (χ4v) is 6.46. The summed E-state index contributed by atoms with van der Waals surface area (Å²) in [5, 5.41) is 37.2. The van der Waals surface area contributed by atoms with Crippen LogP contribution < -0.4 is 10.6 Å². The molecular formula is C25H22ClFN6O6S3. The van der Waals surface area contributed by atoms with E-state index >= 15 is 0 Å². The number of fused-ring (bicyclic) bond motifs is 1. The van der Waals surface area contributed by atoms with Gasteiger partial charge in [0.1, 0.15) is 29.8 Å². The first-order valence-corrected chi connectivity index (χ1v) is 14.6. The summed E-state index contributed by atoms with van der Waals surface area (Å²) in [6.45, 7) is -0.148. The number of thioether (sulfide) groups is 1. The summed E-state index contributed by atoms with van der Waals surface area (Å²) < 4.78 is 15.3. The van der Waals surface area contributed by atoms with Gasteiger partial charge in [0.2, 0.25) is 0 Å². The molecule has 0 aliphatic heterocycles. The van der Waals surface area contributed by atoms with Crippen molar-refractivity contribution in [3.63, 3.8) is 0 Å². The molecule has 4 rings (SSSR count). The molecule has 5 N–H and O–H groups in total. The largest absolute Gasteiger partial charge is 0.481 e. The minimum absolute atomic E-state index is 0.0669. The first-order chi connectivity index (χ1) is 20.0. The number of carboxylic acids is 2. The molecule has 0 amide bonds. The van der Waals surface area contributed by atoms with Crippen molar-refractivity contribution in [3.8, 4) is 0 Å². The molecule has 1 unspecified atom stereocenters. The molecule has 2 aromatic heterocycles. The number of hydrogen-bond acceptors (Lipinski definition) is 12. The zero-order valence-corrected chi connectivity index (χ0v) is 24.6. The number of hydrogen-bond donors (Lipinski definition) is 5. The lowest BCUT2D eigenvalue weighted by molar-refractivity contribution is -0.142. The molecule has 220 valence electrons. The van der Waals surface area contributed by atoms with Crippen LogP contribution in [0.3, 0.4) is 0 Å². The number of halogens is 2. The van der Waals surface area contributed by atoms with E-state index in [2.05, 4.69) is 25.7 Å². The number of benzene rings is 2. The summed E-state index contributed by atoms with van der Waals surface area (Å²) in [4.78, 5) is 44.2. The second kappa shape index (κ2) is 14.0. The summed E-state index contributed by atoms with van der Waals surface area (Å²) in [5.41, 5.74) is 2.16. The number of aliphatic carboxylic acids is 2. The Kier molecular flexibility index (Phi) is 10.4. The number of rotatable bonds is 14. The van der Waals surface area contributed by atoms with E-state index < -0.39 is 29.4 Å². The Morgan fingerprint density at radius 2 is 1.98 bits per heavy atom. The van der Waals surface area contributed by atoms with E-state index in [-0.39, 0.29) is 45.2 Å². The van der Waals surface area contributed by atoms with Gasteiger partial charge in [0.15, 0.2) is 14.1 Å². The normalized spacial score (nSPS) is 11.8. The summed E-state index contributed by atoms with van der Waals surface area (Å²) in [6, 6.07) is 7.58. The molecule has 2 aromatic carbocycles. The van der Waals surface area contributed by atoms with Crippen molar-refractivity contribution in [2.45, 2.75) is 29.0 Å². The zero-order chi connectivity index (χ0) is 30.4. The Hall–Kier alpha value is -3.70. The molecule has 0 spiro atoms. The predicted molar refractivity (Wildman–Crippen MR) is 159 cm³/mol. The lowest BCUT2D eigenvalue weighted by Crippen LogP contribution is -2.20. The molecule has 42 heavy (non-hydrogen) atoms. The first-order valence-electron chi connectivity index (χ1n) is 12.1. The Morgan fingerprint density at radius 1 is 1.19 bits per heavy atom. The lowest BCUT2D eigenvalue weighted by atomic mass is 10.0. The highest BCUT2D eigenvalue weighted by molar-refractivity contribution is 8.02. The van der Waals surface area contributed by atoms with Crippen LogP contribution in [0.1, 0.15) is 12.0 Å². The van der Waals surface area contributed by atoms with Crippen LogP contribution in [0.2, 0.25) is 5.02 Å². The van der Waals surface area contributed by atoms with Gasteiger partial charge in [-0.05, 0) is 48.1 Å². The summed E-state index contributed by atoms with van der Waals surface area (Å²) in [6.07, 6.45) is 0.673. The number of anilines is 3. The maximum absolute atomic E-state index is 13.6. The third-order valence-electron chi connectivity index (χ3n) is 5.65. The smallest absolute Gasteiger partial charge is 0.317 e. The van der Waals surface area contributed by atoms with Gasteiger partial charge in [-0.15, -0.1) is 0 Å². The fraction of sp³-hybridized carbons (Fsp3) is 0.240. The third-order valence-corrected chi connectivity index (χ3v) is 8.52. The van der Waals surface area contributed by atoms with Crippen molar-refractivity contribution in [3.05, 3.63) is 57.0 Å². The van der Waals surface area contributed by atoms with Gasteiger partial charge >= 0.3 is 11.9 Å². The zero-order valence-electron chi connectivity index (χ0n) is 21.4. The van der Waals surface area contributed by atoms with Crippen LogP contribution in [0.5, 0.6) is 0 Å². The van der Waals surface area contributed by atoms with E-state index in [0.29, 0.717) is 33.7 Å². The topological polar surface area (TPSA) is 180 Å². The second-order valence-electron chi connectivity index (χ2n) is 8.70. The number of aliphatic hydroxyl groups is 1. The molecule has 0 aliphatic carbocycles. The highest BCUT2D eigenvalue weighted by Crippen LogP contribution is 2.31. The first kappa shape index (κ1) is 31.2. The van der Waals surface area contributed by atoms with Gasteiger partial charge < -0.3 is 26.0 Å². The summed E-state index contributed by atoms with van der Waals surface area (Å²) in [5.74, 6) is -3.02. The predicted octanol–water partition coefficient (Wildman–Crippen LogP) is 4.39. The number of nitrogens with zero attached hydrogens (tertiary/aromatic N) is 4. The van der Waals surface area contributed by atoms with E-state index in [9.17, 15) is 29.0 Å². The van der Waals surface area contributed by atoms with Crippen LogP contribution in [-0.2, 0) is 27.3 Å². The molecule has 0 bridgehead atoms. The SMILES string of the molecule is O=C(O)CC(Sc1nn(CC(=O)Cc2cc3c(Nc4ccc(F)c(Cl)c4)ncnc3cc2NCCO)c(=S)s1)C(=O)O. The van der Waals surface area contributed by atoms with Crippen LogP contribution >= 0.6 is 46.9 Å². The average Bonchev–Trinajstić information content (AvgIpc) is 3.27. The Bertz CT molecular complexity index is 1720. The number of carboxylic acid groups (broad SMARTS) is 2. The molecule has 0 saturated heterocycles. The van der Waals surface area contributed by atoms with E-state index in [1.807, 2.05) is 0 Å². The van der Waals surface area contributed by atoms with Crippen molar-refractivity contribution >= 4 is 92.7 Å². The maximum atomic E-state index is 13.6. The van der Waals surface area contributed by atoms with Crippen LogP contribution in [-0.4, -0.2) is 71.2 Å². The van der Waals surface area contributed by atoms with Crippen molar-refractivity contribution in [2.24, 2.45) is 0 Å². The molecule has 0 saturated carbocycles. The fourth-order valence-electron chi connectivity index (χ4n) is 3.79. The van der Waals surface area contributed by atoms with Crippen LogP contribution in [0.25, 0.3) is 10.9 Å². The number of ketones is 1. The van der Waals surface area contributed by atoms with Crippen molar-refractivity contribution < 1.29 is 34.1 Å². The summed E-state index contributed by atoms with van der Waals surface area (Å²) in [7, 11) is 0. The standard InChI is InChI=1S/C25H22ClFN6O6S3/c26-16-7-13(1-2-17(16)27)31-22-15-6-12(18(28-3-4-34)8-19(15)29-11-30-22)5-14(35)10-33-25(40)42-24(32-33)41-20(23(38)39)9-21(36)37/h1-2,6-8,11,20,28,34H,3-5,9-10H2,(H,36,37)(H,38,39)(H,29,30,31). The Labute approximate surface area is 255 Å². The van der Waals surface area contributed by atoms with Gasteiger partial charge in [-0.2, -0.15) is 5.10 Å². The molecule has 0 fully saturated rings. The quantitative estimate of drug-likeness (QED) is 0.0957. The number of aromatic nitrogens is 4. The van der Waals surface area contributed by atoms with E-state index in [1.165, 1.54) is 29.2 Å². The lowest BCUT2D eigenvalue weighted by Gasteiger charge is -2.15. The van der Waals surface area contributed by atoms with Crippen LogP contribution in [0.15, 0.2) is 41.0 Å². The Balaban J connectivity index is 1.59. The molecule has 12 nitrogen and oxygen atoms in total. The molecular weight excluding hydrogens is 631 g/mol. The van der Waals surface area contributed by atoms with E-state index in [1.54, 1.807) is 12.1 Å². The Morgan fingerprint density at radius 3 is 2.67 bits per heavy atom. The number of Topliss-reactive ketones (excluding diaryl/α,β-unsaturated/α-hetero) is 1. The highest BCUT2D eigenvalue weighted by atomic mass is 35.5. The van der Waals surface area contributed by atoms with E-state index in [4.69, 9.17) is 28.9 Å². The number of carbonyl (C=O) groups is 3. The minimum atomic E-state index is -1.30. The molecule has 0 aliphatic rings. The van der Waals surface area contributed by atoms with Crippen LogP contribution in [0.4, 0.5) is 21.6 Å². The van der Waals surface area contributed by atoms with Crippen molar-refractivity contribution in [2.75, 3.05) is 23.8 Å². The third kappa shape index (κ3) is 7.98. The van der Waals surface area contributed by atoms with Gasteiger partial charge in [0.25, 0.3) is 0 Å². The van der Waals surface area contributed by atoms with Gasteiger partial charge in [0.05, 0.1) is 23.6 Å². The maximum Gasteiger partial charge on any atom is 0.317 e. The molecule has 2 heterocycles. The van der Waals surface area contributed by atoms with Gasteiger partial charge in [-0.25, -0.2) is 19.0 Å². The minimum Gasteiger partial charge on any atom is -0.481 e. The van der Waals surface area contributed by atoms with Gasteiger partial charge in [0, 0.05) is 29.7 Å². The van der Waals surface area contributed by atoms with Crippen molar-refractivity contribution in [1.82, 2.24) is 19.7 Å². The molecule has 4 aromatic rings.